The van der Waals surface area contributed by atoms with Crippen LogP contribution in [0.15, 0.2) is 43.1 Å². The molecular formula is C11H11N3O. The first-order valence-corrected chi connectivity index (χ1v) is 4.77. The topological polar surface area (TPSA) is 47.8 Å². The van der Waals surface area contributed by atoms with Gasteiger partial charge in [0.15, 0.2) is 0 Å². The van der Waals surface area contributed by atoms with Gasteiger partial charge in [-0.2, -0.15) is 0 Å². The summed E-state index contributed by atoms with van der Waals surface area (Å²) in [5.74, 6) is 0.0400. The van der Waals surface area contributed by atoms with Crippen LogP contribution in [0.5, 0.6) is 0 Å². The van der Waals surface area contributed by atoms with Crippen molar-refractivity contribution in [3.05, 3.63) is 48.8 Å². The molecule has 4 heteroatoms. The number of hydrogen-bond donors (Lipinski definition) is 0. The number of imidazole rings is 1. The summed E-state index contributed by atoms with van der Waals surface area (Å²) in [5.41, 5.74) is 0.936. The van der Waals surface area contributed by atoms with E-state index in [1.807, 2.05) is 18.2 Å². The van der Waals surface area contributed by atoms with E-state index in [9.17, 15) is 4.79 Å². The Bertz CT molecular complexity index is 422. The van der Waals surface area contributed by atoms with Gasteiger partial charge in [-0.3, -0.25) is 14.3 Å². The summed E-state index contributed by atoms with van der Waals surface area (Å²) in [6, 6.07) is 5.70. The number of carbonyl (C=O) groups is 1. The molecule has 76 valence electrons. The molecule has 2 rings (SSSR count). The summed E-state index contributed by atoms with van der Waals surface area (Å²) in [4.78, 5) is 19.6. The molecule has 2 heterocycles. The van der Waals surface area contributed by atoms with Gasteiger partial charge in [0.05, 0.1) is 0 Å². The van der Waals surface area contributed by atoms with Crippen LogP contribution in [-0.4, -0.2) is 20.4 Å². The van der Waals surface area contributed by atoms with Gasteiger partial charge < -0.3 is 0 Å². The van der Waals surface area contributed by atoms with Crippen molar-refractivity contribution >= 4 is 5.91 Å². The minimum Gasteiger partial charge on any atom is -0.276 e. The van der Waals surface area contributed by atoms with Gasteiger partial charge in [-0.15, -0.1) is 0 Å². The van der Waals surface area contributed by atoms with E-state index in [-0.39, 0.29) is 5.91 Å². The summed E-state index contributed by atoms with van der Waals surface area (Å²) in [7, 11) is 0. The number of rotatable bonds is 3. The minimum absolute atomic E-state index is 0.0400. The Morgan fingerprint density at radius 3 is 2.93 bits per heavy atom. The van der Waals surface area contributed by atoms with Gasteiger partial charge in [-0.25, -0.2) is 4.98 Å². The average molecular weight is 201 g/mol. The summed E-state index contributed by atoms with van der Waals surface area (Å²) < 4.78 is 1.49. The molecule has 0 saturated heterocycles. The summed E-state index contributed by atoms with van der Waals surface area (Å²) >= 11 is 0. The quantitative estimate of drug-likeness (QED) is 0.757. The fourth-order valence-electron chi connectivity index (χ4n) is 1.32. The number of nitrogens with zero attached hydrogens (tertiary/aromatic N) is 3. The molecule has 15 heavy (non-hydrogen) atoms. The van der Waals surface area contributed by atoms with Crippen molar-refractivity contribution in [2.75, 3.05) is 0 Å². The van der Waals surface area contributed by atoms with Crippen LogP contribution in [0, 0.1) is 0 Å². The van der Waals surface area contributed by atoms with Gasteiger partial charge in [-0.05, 0) is 18.6 Å². The van der Waals surface area contributed by atoms with E-state index in [2.05, 4.69) is 9.97 Å². The Labute approximate surface area is 87.6 Å². The zero-order valence-corrected chi connectivity index (χ0v) is 8.21. The third-order valence-corrected chi connectivity index (χ3v) is 2.11. The second kappa shape index (κ2) is 4.50. The Morgan fingerprint density at radius 2 is 2.27 bits per heavy atom. The van der Waals surface area contributed by atoms with Gasteiger partial charge in [0, 0.05) is 30.7 Å². The van der Waals surface area contributed by atoms with Crippen LogP contribution in [0.25, 0.3) is 0 Å². The second-order valence-corrected chi connectivity index (χ2v) is 3.18. The molecule has 0 amide bonds. The molecule has 0 unspecified atom stereocenters. The predicted molar refractivity (Wildman–Crippen MR) is 55.4 cm³/mol. The zero-order chi connectivity index (χ0) is 10.5. The molecule has 4 nitrogen and oxygen atoms in total. The van der Waals surface area contributed by atoms with Crippen LogP contribution in [0.1, 0.15) is 16.9 Å². The van der Waals surface area contributed by atoms with Crippen LogP contribution in [0.3, 0.4) is 0 Å². The van der Waals surface area contributed by atoms with E-state index >= 15 is 0 Å². The van der Waals surface area contributed by atoms with Crippen molar-refractivity contribution in [2.24, 2.45) is 0 Å². The van der Waals surface area contributed by atoms with E-state index in [0.717, 1.165) is 5.69 Å². The average Bonchev–Trinajstić information content (AvgIpc) is 2.81. The molecule has 0 aromatic carbocycles. The van der Waals surface area contributed by atoms with Crippen LogP contribution >= 0.6 is 0 Å². The first-order chi connectivity index (χ1) is 7.36. The van der Waals surface area contributed by atoms with Crippen LogP contribution < -0.4 is 0 Å². The number of carbonyl (C=O) groups excluding carboxylic acids is 1. The van der Waals surface area contributed by atoms with Crippen molar-refractivity contribution in [1.82, 2.24) is 14.5 Å². The van der Waals surface area contributed by atoms with Crippen molar-refractivity contribution in [1.29, 1.82) is 0 Å². The van der Waals surface area contributed by atoms with Gasteiger partial charge in [0.2, 0.25) is 5.91 Å². The zero-order valence-electron chi connectivity index (χ0n) is 8.21. The van der Waals surface area contributed by atoms with Gasteiger partial charge in [0.1, 0.15) is 6.33 Å². The third kappa shape index (κ3) is 2.49. The molecule has 0 fully saturated rings. The van der Waals surface area contributed by atoms with E-state index in [4.69, 9.17) is 0 Å². The Kier molecular flexibility index (Phi) is 2.88. The van der Waals surface area contributed by atoms with Crippen molar-refractivity contribution < 1.29 is 4.79 Å². The molecule has 0 aliphatic carbocycles. The predicted octanol–water partition coefficient (Wildman–Crippen LogP) is 1.55. The number of pyridine rings is 1. The van der Waals surface area contributed by atoms with E-state index < -0.39 is 0 Å². The Hall–Kier alpha value is -1.97. The third-order valence-electron chi connectivity index (χ3n) is 2.11. The molecule has 0 N–H and O–H groups in total. The monoisotopic (exact) mass is 201 g/mol. The van der Waals surface area contributed by atoms with Crippen LogP contribution in [-0.2, 0) is 6.42 Å². The van der Waals surface area contributed by atoms with Gasteiger partial charge in [0.25, 0.3) is 0 Å². The fraction of sp³-hybridized carbons (Fsp3) is 0.182. The lowest BCUT2D eigenvalue weighted by molar-refractivity contribution is 0.0902. The van der Waals surface area contributed by atoms with Gasteiger partial charge in [-0.1, -0.05) is 6.07 Å². The minimum atomic E-state index is 0.0400. The molecule has 2 aromatic rings. The molecule has 0 spiro atoms. The maximum Gasteiger partial charge on any atom is 0.232 e. The molecule has 0 radical (unpaired) electrons. The first-order valence-electron chi connectivity index (χ1n) is 4.77. The number of hydrogen-bond acceptors (Lipinski definition) is 3. The highest BCUT2D eigenvalue weighted by Gasteiger charge is 2.04. The highest BCUT2D eigenvalue weighted by atomic mass is 16.2. The lowest BCUT2D eigenvalue weighted by Crippen LogP contribution is -2.09. The lowest BCUT2D eigenvalue weighted by Gasteiger charge is -2.00. The Balaban J connectivity index is 1.92. The molecule has 0 atom stereocenters. The molecule has 0 saturated carbocycles. The van der Waals surface area contributed by atoms with E-state index in [0.29, 0.717) is 12.8 Å². The molecule has 0 bridgehead atoms. The summed E-state index contributed by atoms with van der Waals surface area (Å²) in [6.45, 7) is 0. The smallest absolute Gasteiger partial charge is 0.232 e. The van der Waals surface area contributed by atoms with Crippen molar-refractivity contribution in [3.63, 3.8) is 0 Å². The molecular weight excluding hydrogens is 190 g/mol. The van der Waals surface area contributed by atoms with Gasteiger partial charge >= 0.3 is 0 Å². The highest BCUT2D eigenvalue weighted by Crippen LogP contribution is 2.00. The maximum absolute atomic E-state index is 11.6. The SMILES string of the molecule is O=C(CCc1ccccn1)n1ccnc1. The standard InChI is InChI=1S/C11H11N3O/c15-11(14-8-7-12-9-14)5-4-10-3-1-2-6-13-10/h1-3,6-9H,4-5H2. The lowest BCUT2D eigenvalue weighted by atomic mass is 10.2. The van der Waals surface area contributed by atoms with Crippen molar-refractivity contribution in [2.45, 2.75) is 12.8 Å². The largest absolute Gasteiger partial charge is 0.276 e. The summed E-state index contributed by atoms with van der Waals surface area (Å²) in [5, 5.41) is 0. The van der Waals surface area contributed by atoms with Crippen LogP contribution in [0.2, 0.25) is 0 Å². The normalized spacial score (nSPS) is 10.1. The maximum atomic E-state index is 11.6. The summed E-state index contributed by atoms with van der Waals surface area (Å²) in [6.07, 6.45) is 7.61. The molecule has 0 aliphatic rings. The molecule has 0 aliphatic heterocycles. The highest BCUT2D eigenvalue weighted by molar-refractivity contribution is 5.78. The fourth-order valence-corrected chi connectivity index (χ4v) is 1.32. The molecule has 2 aromatic heterocycles. The first kappa shape index (κ1) is 9.58. The van der Waals surface area contributed by atoms with E-state index in [1.54, 1.807) is 18.6 Å². The Morgan fingerprint density at radius 1 is 1.33 bits per heavy atom. The van der Waals surface area contributed by atoms with Crippen molar-refractivity contribution in [3.8, 4) is 0 Å². The second-order valence-electron chi connectivity index (χ2n) is 3.18. The van der Waals surface area contributed by atoms with Crippen LogP contribution in [0.4, 0.5) is 0 Å². The van der Waals surface area contributed by atoms with E-state index in [1.165, 1.54) is 10.9 Å². The number of aromatic nitrogens is 3. The number of aryl methyl sites for hydroxylation is 1.